The monoisotopic (exact) mass is 429 g/mol. The summed E-state index contributed by atoms with van der Waals surface area (Å²) in [4.78, 5) is 4.14. The van der Waals surface area contributed by atoms with Crippen molar-refractivity contribution in [2.45, 2.75) is 6.54 Å². The van der Waals surface area contributed by atoms with E-state index in [4.69, 9.17) is 9.15 Å². The van der Waals surface area contributed by atoms with Crippen LogP contribution in [0.15, 0.2) is 77.2 Å². The van der Waals surface area contributed by atoms with Gasteiger partial charge in [0.05, 0.1) is 0 Å². The van der Waals surface area contributed by atoms with Crippen LogP contribution in [0.25, 0.3) is 12.2 Å². The molecule has 0 fully saturated rings. The Morgan fingerprint density at radius 1 is 0.969 bits per heavy atom. The molecule has 158 valence electrons. The van der Waals surface area contributed by atoms with Gasteiger partial charge in [-0.2, -0.15) is 10.2 Å². The molecule has 0 saturated carbocycles. The van der Waals surface area contributed by atoms with Crippen molar-refractivity contribution in [3.63, 3.8) is 0 Å². The van der Waals surface area contributed by atoms with Crippen molar-refractivity contribution < 1.29 is 17.9 Å². The topological polar surface area (TPSA) is 71.1 Å². The predicted octanol–water partition coefficient (Wildman–Crippen LogP) is 6.40. The molecular formula is C25H17F2N3O2. The standard InChI is InChI=1S/C25H17F2N3O2/c26-19-10-5-17(6-11-19)9-14-24-30-22(15-28)25(32-24)29-16-18-7-12-20(13-8-18)31-23-4-2-1-3-21(23)27/h1-14,29H,16H2/b14-9+. The highest BCUT2D eigenvalue weighted by Crippen LogP contribution is 2.25. The first kappa shape index (κ1) is 20.8. The number of oxazole rings is 1. The smallest absolute Gasteiger partial charge is 0.232 e. The molecule has 4 aromatic rings. The predicted molar refractivity (Wildman–Crippen MR) is 117 cm³/mol. The summed E-state index contributed by atoms with van der Waals surface area (Å²) in [6.45, 7) is 0.380. The van der Waals surface area contributed by atoms with Gasteiger partial charge in [-0.05, 0) is 53.6 Å². The van der Waals surface area contributed by atoms with Crippen molar-refractivity contribution in [1.29, 1.82) is 5.26 Å². The second kappa shape index (κ2) is 9.58. The molecule has 0 unspecified atom stereocenters. The molecule has 0 aliphatic rings. The minimum atomic E-state index is -0.433. The maximum absolute atomic E-state index is 13.7. The fourth-order valence-corrected chi connectivity index (χ4v) is 2.86. The van der Waals surface area contributed by atoms with Crippen molar-refractivity contribution >= 4 is 18.0 Å². The van der Waals surface area contributed by atoms with Crippen molar-refractivity contribution in [1.82, 2.24) is 4.98 Å². The number of nitriles is 1. The van der Waals surface area contributed by atoms with Gasteiger partial charge < -0.3 is 14.5 Å². The van der Waals surface area contributed by atoms with Crippen molar-refractivity contribution in [3.8, 4) is 17.6 Å². The van der Waals surface area contributed by atoms with Gasteiger partial charge in [-0.15, -0.1) is 0 Å². The Hall–Kier alpha value is -4.44. The third-order valence-electron chi connectivity index (χ3n) is 4.48. The van der Waals surface area contributed by atoms with Gasteiger partial charge in [0.25, 0.3) is 0 Å². The number of benzene rings is 3. The Morgan fingerprint density at radius 2 is 1.72 bits per heavy atom. The van der Waals surface area contributed by atoms with Gasteiger partial charge >= 0.3 is 0 Å². The number of anilines is 1. The fraction of sp³-hybridized carbons (Fsp3) is 0.0400. The van der Waals surface area contributed by atoms with Crippen LogP contribution >= 0.6 is 0 Å². The highest BCUT2D eigenvalue weighted by molar-refractivity contribution is 5.67. The van der Waals surface area contributed by atoms with Gasteiger partial charge in [-0.1, -0.05) is 36.4 Å². The summed E-state index contributed by atoms with van der Waals surface area (Å²) in [7, 11) is 0. The van der Waals surface area contributed by atoms with Gasteiger partial charge in [0.15, 0.2) is 11.6 Å². The van der Waals surface area contributed by atoms with E-state index < -0.39 is 5.82 Å². The molecule has 32 heavy (non-hydrogen) atoms. The molecule has 3 aromatic carbocycles. The van der Waals surface area contributed by atoms with E-state index in [0.29, 0.717) is 12.3 Å². The SMILES string of the molecule is N#Cc1nc(/C=C/c2ccc(F)cc2)oc1NCc1ccc(Oc2ccccc2F)cc1. The zero-order valence-electron chi connectivity index (χ0n) is 16.8. The molecule has 1 aromatic heterocycles. The summed E-state index contributed by atoms with van der Waals surface area (Å²) >= 11 is 0. The highest BCUT2D eigenvalue weighted by Gasteiger charge is 2.11. The van der Waals surface area contributed by atoms with E-state index in [1.165, 1.54) is 18.2 Å². The average molecular weight is 429 g/mol. The Balaban J connectivity index is 1.39. The Kier molecular flexibility index (Phi) is 6.23. The number of para-hydroxylation sites is 1. The first-order chi connectivity index (χ1) is 15.6. The van der Waals surface area contributed by atoms with Gasteiger partial charge in [0.1, 0.15) is 17.6 Å². The van der Waals surface area contributed by atoms with Crippen molar-refractivity contribution in [2.75, 3.05) is 5.32 Å². The fourth-order valence-electron chi connectivity index (χ4n) is 2.86. The normalized spacial score (nSPS) is 10.8. The van der Waals surface area contributed by atoms with E-state index >= 15 is 0 Å². The number of ether oxygens (including phenoxy) is 1. The molecule has 0 atom stereocenters. The molecule has 0 saturated heterocycles. The van der Waals surface area contributed by atoms with Crippen LogP contribution in [0.5, 0.6) is 11.5 Å². The maximum Gasteiger partial charge on any atom is 0.232 e. The number of rotatable bonds is 7. The molecule has 1 heterocycles. The summed E-state index contributed by atoms with van der Waals surface area (Å²) in [5.41, 5.74) is 1.80. The second-order valence-electron chi connectivity index (χ2n) is 6.76. The van der Waals surface area contributed by atoms with Gasteiger partial charge in [0, 0.05) is 12.6 Å². The summed E-state index contributed by atoms with van der Waals surface area (Å²) < 4.78 is 37.9. The molecule has 0 amide bonds. The van der Waals surface area contributed by atoms with E-state index in [9.17, 15) is 14.0 Å². The zero-order chi connectivity index (χ0) is 22.3. The van der Waals surface area contributed by atoms with Gasteiger partial charge in [-0.25, -0.2) is 8.78 Å². The van der Waals surface area contributed by atoms with Crippen LogP contribution < -0.4 is 10.1 Å². The quantitative estimate of drug-likeness (QED) is 0.368. The Morgan fingerprint density at radius 3 is 2.44 bits per heavy atom. The first-order valence-electron chi connectivity index (χ1n) is 9.70. The Bertz CT molecular complexity index is 1270. The lowest BCUT2D eigenvalue weighted by Gasteiger charge is -2.08. The minimum Gasteiger partial charge on any atom is -0.454 e. The van der Waals surface area contributed by atoms with Crippen LogP contribution in [-0.4, -0.2) is 4.98 Å². The lowest BCUT2D eigenvalue weighted by molar-refractivity contribution is 0.442. The number of hydrogen-bond donors (Lipinski definition) is 1. The molecule has 0 bridgehead atoms. The number of halogens is 2. The van der Waals surface area contributed by atoms with Gasteiger partial charge in [0.2, 0.25) is 17.5 Å². The van der Waals surface area contributed by atoms with E-state index in [1.807, 2.05) is 18.2 Å². The third-order valence-corrected chi connectivity index (χ3v) is 4.48. The lowest BCUT2D eigenvalue weighted by atomic mass is 10.2. The molecule has 0 radical (unpaired) electrons. The molecule has 4 rings (SSSR count). The number of hydrogen-bond acceptors (Lipinski definition) is 5. The molecule has 5 nitrogen and oxygen atoms in total. The number of nitrogens with zero attached hydrogens (tertiary/aromatic N) is 2. The van der Waals surface area contributed by atoms with Crippen LogP contribution in [0, 0.1) is 23.0 Å². The summed E-state index contributed by atoms with van der Waals surface area (Å²) in [5, 5.41) is 12.4. The summed E-state index contributed by atoms with van der Waals surface area (Å²) in [6.07, 6.45) is 3.32. The zero-order valence-corrected chi connectivity index (χ0v) is 16.8. The molecule has 1 N–H and O–H groups in total. The van der Waals surface area contributed by atoms with Crippen LogP contribution in [0.1, 0.15) is 22.7 Å². The van der Waals surface area contributed by atoms with E-state index in [1.54, 1.807) is 54.6 Å². The minimum absolute atomic E-state index is 0.128. The van der Waals surface area contributed by atoms with Crippen LogP contribution in [0.4, 0.5) is 14.7 Å². The van der Waals surface area contributed by atoms with Crippen molar-refractivity contribution in [3.05, 3.63) is 107 Å². The van der Waals surface area contributed by atoms with Crippen LogP contribution in [0.3, 0.4) is 0 Å². The molecular weight excluding hydrogens is 412 g/mol. The third kappa shape index (κ3) is 5.18. The molecule has 0 spiro atoms. The van der Waals surface area contributed by atoms with Crippen LogP contribution in [0.2, 0.25) is 0 Å². The van der Waals surface area contributed by atoms with Gasteiger partial charge in [-0.3, -0.25) is 0 Å². The average Bonchev–Trinajstić information content (AvgIpc) is 3.22. The number of nitrogens with one attached hydrogen (secondary N) is 1. The van der Waals surface area contributed by atoms with E-state index in [0.717, 1.165) is 11.1 Å². The van der Waals surface area contributed by atoms with E-state index in [2.05, 4.69) is 10.3 Å². The summed E-state index contributed by atoms with van der Waals surface area (Å²) in [5.74, 6) is 0.407. The van der Waals surface area contributed by atoms with Crippen LogP contribution in [-0.2, 0) is 6.54 Å². The maximum atomic E-state index is 13.7. The summed E-state index contributed by atoms with van der Waals surface area (Å²) in [6, 6.07) is 21.2. The van der Waals surface area contributed by atoms with Crippen molar-refractivity contribution in [2.24, 2.45) is 0 Å². The second-order valence-corrected chi connectivity index (χ2v) is 6.76. The molecule has 0 aliphatic heterocycles. The first-order valence-corrected chi connectivity index (χ1v) is 9.70. The largest absolute Gasteiger partial charge is 0.454 e. The highest BCUT2D eigenvalue weighted by atomic mass is 19.1. The molecule has 0 aliphatic carbocycles. The molecule has 7 heteroatoms. The van der Waals surface area contributed by atoms with E-state index in [-0.39, 0.29) is 29.0 Å². The Labute approximate surface area is 183 Å². The lowest BCUT2D eigenvalue weighted by Crippen LogP contribution is -2.00. The number of aromatic nitrogens is 1.